The van der Waals surface area contributed by atoms with Crippen molar-refractivity contribution >= 4 is 17.5 Å². The molecule has 0 aliphatic carbocycles. The lowest BCUT2D eigenvalue weighted by molar-refractivity contribution is -0.122. The number of amides is 1. The van der Waals surface area contributed by atoms with E-state index < -0.39 is 0 Å². The summed E-state index contributed by atoms with van der Waals surface area (Å²) in [4.78, 5) is 16.2. The van der Waals surface area contributed by atoms with Gasteiger partial charge in [-0.05, 0) is 12.8 Å². The van der Waals surface area contributed by atoms with E-state index in [4.69, 9.17) is 4.74 Å². The zero-order valence-electron chi connectivity index (χ0n) is 9.74. The number of carbonyl (C=O) groups excluding carboxylic acids is 1. The first-order valence-electron chi connectivity index (χ1n) is 5.88. The Kier molecular flexibility index (Phi) is 2.89. The number of aromatic nitrogens is 4. The topological polar surface area (TPSA) is 81.4 Å². The smallest absolute Gasteiger partial charge is 0.229 e. The zero-order valence-corrected chi connectivity index (χ0v) is 9.74. The van der Waals surface area contributed by atoms with E-state index in [2.05, 4.69) is 20.5 Å². The number of hydrogen-bond acceptors (Lipinski definition) is 5. The minimum absolute atomic E-state index is 0.00714. The maximum atomic E-state index is 12.1. The van der Waals surface area contributed by atoms with Crippen LogP contribution < -0.4 is 5.32 Å². The summed E-state index contributed by atoms with van der Waals surface area (Å²) in [6.45, 7) is 1.28. The Morgan fingerprint density at radius 3 is 3.11 bits per heavy atom. The predicted octanol–water partition coefficient (Wildman–Crippen LogP) is 0.489. The number of fused-ring (bicyclic) bond motifs is 1. The Labute approximate surface area is 103 Å². The maximum absolute atomic E-state index is 12.1. The molecule has 1 saturated heterocycles. The third-order valence-electron chi connectivity index (χ3n) is 3.05. The van der Waals surface area contributed by atoms with Crippen LogP contribution in [0.15, 0.2) is 18.6 Å². The van der Waals surface area contributed by atoms with Crippen molar-refractivity contribution in [1.29, 1.82) is 0 Å². The first-order valence-corrected chi connectivity index (χ1v) is 5.88. The molecule has 0 atom stereocenters. The van der Waals surface area contributed by atoms with Gasteiger partial charge in [-0.15, -0.1) is 10.2 Å². The van der Waals surface area contributed by atoms with Gasteiger partial charge in [0.15, 0.2) is 5.65 Å². The number of nitrogens with zero attached hydrogens (tertiary/aromatic N) is 4. The van der Waals surface area contributed by atoms with Crippen LogP contribution in [0.25, 0.3) is 5.65 Å². The number of anilines is 1. The second-order valence-electron chi connectivity index (χ2n) is 4.20. The summed E-state index contributed by atoms with van der Waals surface area (Å²) in [7, 11) is 0. The lowest BCUT2D eigenvalue weighted by Crippen LogP contribution is -2.29. The fourth-order valence-electron chi connectivity index (χ4n) is 2.02. The predicted molar refractivity (Wildman–Crippen MR) is 63.0 cm³/mol. The van der Waals surface area contributed by atoms with Crippen molar-refractivity contribution in [2.24, 2.45) is 5.92 Å². The molecule has 3 heterocycles. The Bertz CT molecular complexity index is 561. The van der Waals surface area contributed by atoms with Crippen molar-refractivity contribution in [2.45, 2.75) is 12.8 Å². The minimum Gasteiger partial charge on any atom is -0.381 e. The van der Waals surface area contributed by atoms with Crippen molar-refractivity contribution in [3.05, 3.63) is 18.6 Å². The van der Waals surface area contributed by atoms with Gasteiger partial charge in [-0.3, -0.25) is 14.5 Å². The van der Waals surface area contributed by atoms with E-state index in [0.717, 1.165) is 12.8 Å². The van der Waals surface area contributed by atoms with Gasteiger partial charge in [0.1, 0.15) is 6.33 Å². The van der Waals surface area contributed by atoms with Crippen LogP contribution in [-0.2, 0) is 9.53 Å². The van der Waals surface area contributed by atoms with Crippen LogP contribution in [0.3, 0.4) is 0 Å². The van der Waals surface area contributed by atoms with Crippen molar-refractivity contribution < 1.29 is 9.53 Å². The van der Waals surface area contributed by atoms with Crippen molar-refractivity contribution in [3.8, 4) is 0 Å². The van der Waals surface area contributed by atoms with Crippen LogP contribution in [0.2, 0.25) is 0 Å². The van der Waals surface area contributed by atoms with Gasteiger partial charge in [0, 0.05) is 31.4 Å². The standard InChI is InChI=1S/C11H13N5O2/c17-10(8-2-5-18-6-3-8)14-11-12-4-1-9-15-13-7-16(9)11/h1,4,7-8H,2-3,5-6H2,(H,12,14,17). The lowest BCUT2D eigenvalue weighted by Gasteiger charge is -2.20. The Morgan fingerprint density at radius 2 is 2.28 bits per heavy atom. The third kappa shape index (κ3) is 2.04. The summed E-state index contributed by atoms with van der Waals surface area (Å²) in [5, 5.41) is 10.5. The van der Waals surface area contributed by atoms with Gasteiger partial charge in [0.05, 0.1) is 0 Å². The number of rotatable bonds is 2. The molecule has 1 fully saturated rings. The molecule has 1 amide bonds. The molecule has 0 radical (unpaired) electrons. The molecule has 0 bridgehead atoms. The number of carbonyl (C=O) groups is 1. The fraction of sp³-hybridized carbons (Fsp3) is 0.455. The summed E-state index contributed by atoms with van der Waals surface area (Å²) >= 11 is 0. The van der Waals surface area contributed by atoms with Crippen LogP contribution >= 0.6 is 0 Å². The molecule has 0 spiro atoms. The van der Waals surface area contributed by atoms with E-state index in [-0.39, 0.29) is 11.8 Å². The largest absolute Gasteiger partial charge is 0.381 e. The van der Waals surface area contributed by atoms with Crippen molar-refractivity contribution in [2.75, 3.05) is 18.5 Å². The molecule has 2 aromatic rings. The van der Waals surface area contributed by atoms with Crippen LogP contribution in [0, 0.1) is 5.92 Å². The average Bonchev–Trinajstić information content (AvgIpc) is 2.89. The highest BCUT2D eigenvalue weighted by Crippen LogP contribution is 2.17. The Hall–Kier alpha value is -2.02. The second-order valence-corrected chi connectivity index (χ2v) is 4.20. The highest BCUT2D eigenvalue weighted by molar-refractivity contribution is 5.91. The molecule has 18 heavy (non-hydrogen) atoms. The van der Waals surface area contributed by atoms with Crippen molar-refractivity contribution in [1.82, 2.24) is 19.6 Å². The van der Waals surface area contributed by atoms with Crippen LogP contribution in [0.1, 0.15) is 12.8 Å². The Balaban J connectivity index is 1.79. The van der Waals surface area contributed by atoms with E-state index in [1.807, 2.05) is 0 Å². The molecule has 1 aliphatic heterocycles. The van der Waals surface area contributed by atoms with Gasteiger partial charge in [0.25, 0.3) is 0 Å². The summed E-state index contributed by atoms with van der Waals surface area (Å²) in [6, 6.07) is 1.73. The summed E-state index contributed by atoms with van der Waals surface area (Å²) < 4.78 is 6.89. The van der Waals surface area contributed by atoms with Crippen LogP contribution in [0.4, 0.5) is 5.95 Å². The lowest BCUT2D eigenvalue weighted by atomic mass is 10.00. The second kappa shape index (κ2) is 4.69. The fourth-order valence-corrected chi connectivity index (χ4v) is 2.02. The van der Waals surface area contributed by atoms with E-state index in [1.165, 1.54) is 6.33 Å². The number of nitrogens with one attached hydrogen (secondary N) is 1. The number of ether oxygens (including phenoxy) is 1. The van der Waals surface area contributed by atoms with E-state index in [9.17, 15) is 4.79 Å². The van der Waals surface area contributed by atoms with Gasteiger partial charge in [-0.25, -0.2) is 4.98 Å². The molecule has 0 saturated carbocycles. The third-order valence-corrected chi connectivity index (χ3v) is 3.05. The van der Waals surface area contributed by atoms with Gasteiger partial charge in [-0.2, -0.15) is 0 Å². The van der Waals surface area contributed by atoms with Gasteiger partial charge in [-0.1, -0.05) is 0 Å². The van der Waals surface area contributed by atoms with E-state index in [0.29, 0.717) is 24.8 Å². The molecule has 0 unspecified atom stereocenters. The highest BCUT2D eigenvalue weighted by Gasteiger charge is 2.22. The molecule has 94 valence electrons. The zero-order chi connectivity index (χ0) is 12.4. The summed E-state index contributed by atoms with van der Waals surface area (Å²) in [6.07, 6.45) is 4.64. The molecule has 3 rings (SSSR count). The average molecular weight is 247 g/mol. The molecule has 2 aromatic heterocycles. The normalized spacial score (nSPS) is 16.9. The Morgan fingerprint density at radius 1 is 1.44 bits per heavy atom. The highest BCUT2D eigenvalue weighted by atomic mass is 16.5. The van der Waals surface area contributed by atoms with E-state index in [1.54, 1.807) is 16.7 Å². The van der Waals surface area contributed by atoms with Gasteiger partial charge < -0.3 is 4.74 Å². The molecule has 7 nitrogen and oxygen atoms in total. The molecular weight excluding hydrogens is 234 g/mol. The SMILES string of the molecule is O=C(Nc1nccc2nncn12)C1CCOCC1. The van der Waals surface area contributed by atoms with Gasteiger partial charge in [0.2, 0.25) is 11.9 Å². The molecule has 7 heteroatoms. The molecule has 1 aliphatic rings. The monoisotopic (exact) mass is 247 g/mol. The summed E-state index contributed by atoms with van der Waals surface area (Å²) in [5.74, 6) is 0.424. The van der Waals surface area contributed by atoms with Crippen LogP contribution in [0.5, 0.6) is 0 Å². The first-order chi connectivity index (χ1) is 8.84. The first kappa shape index (κ1) is 11.1. The molecule has 1 N–H and O–H groups in total. The molecular formula is C11H13N5O2. The maximum Gasteiger partial charge on any atom is 0.229 e. The quantitative estimate of drug-likeness (QED) is 0.835. The van der Waals surface area contributed by atoms with Crippen molar-refractivity contribution in [3.63, 3.8) is 0 Å². The van der Waals surface area contributed by atoms with E-state index >= 15 is 0 Å². The van der Waals surface area contributed by atoms with Gasteiger partial charge >= 0.3 is 0 Å². The molecule has 0 aromatic carbocycles. The summed E-state index contributed by atoms with van der Waals surface area (Å²) in [5.41, 5.74) is 0.660. The number of hydrogen-bond donors (Lipinski definition) is 1. The minimum atomic E-state index is -0.0213. The van der Waals surface area contributed by atoms with Crippen LogP contribution in [-0.4, -0.2) is 38.7 Å².